The molecule has 0 spiro atoms. The fourth-order valence-corrected chi connectivity index (χ4v) is 3.05. The van der Waals surface area contributed by atoms with Crippen LogP contribution in [-0.4, -0.2) is 17.4 Å². The molecule has 1 aliphatic heterocycles. The van der Waals surface area contributed by atoms with E-state index in [1.807, 2.05) is 30.5 Å². The Labute approximate surface area is 122 Å². The molecule has 4 nitrogen and oxygen atoms in total. The third-order valence-electron chi connectivity index (χ3n) is 3.48. The van der Waals surface area contributed by atoms with Crippen LogP contribution in [0.1, 0.15) is 40.3 Å². The lowest BCUT2D eigenvalue weighted by Gasteiger charge is -2.19. The van der Waals surface area contributed by atoms with Crippen LogP contribution in [0.4, 0.5) is 5.69 Å². The molecule has 104 valence electrons. The minimum absolute atomic E-state index is 0.0407. The maximum atomic E-state index is 12.3. The molecular formula is C15H17N3OS. The number of hydrogen-bond acceptors (Lipinski definition) is 4. The Bertz CT molecular complexity index is 610. The number of fused-ring (bicyclic) bond motifs is 1. The third-order valence-corrected chi connectivity index (χ3v) is 4.43. The topological polar surface area (TPSA) is 54.0 Å². The Morgan fingerprint density at radius 1 is 1.50 bits per heavy atom. The van der Waals surface area contributed by atoms with E-state index in [0.717, 1.165) is 35.6 Å². The van der Waals surface area contributed by atoms with Crippen molar-refractivity contribution in [2.45, 2.75) is 25.8 Å². The Balaban J connectivity index is 1.74. The summed E-state index contributed by atoms with van der Waals surface area (Å²) in [5, 5.41) is 9.19. The molecule has 1 aromatic carbocycles. The number of carbonyl (C=O) groups is 1. The van der Waals surface area contributed by atoms with Crippen LogP contribution in [0, 0.1) is 0 Å². The quantitative estimate of drug-likeness (QED) is 0.912. The zero-order valence-electron chi connectivity index (χ0n) is 11.3. The highest BCUT2D eigenvalue weighted by atomic mass is 32.1. The lowest BCUT2D eigenvalue weighted by Crippen LogP contribution is -2.27. The zero-order chi connectivity index (χ0) is 13.9. The molecule has 1 unspecified atom stereocenters. The second-order valence-corrected chi connectivity index (χ2v) is 5.89. The lowest BCUT2D eigenvalue weighted by atomic mass is 10.0. The molecule has 0 saturated carbocycles. The van der Waals surface area contributed by atoms with Crippen LogP contribution in [-0.2, 0) is 6.42 Å². The van der Waals surface area contributed by atoms with Gasteiger partial charge in [-0.3, -0.25) is 4.79 Å². The summed E-state index contributed by atoms with van der Waals surface area (Å²) >= 11 is 1.56. The van der Waals surface area contributed by atoms with Crippen molar-refractivity contribution >= 4 is 22.9 Å². The van der Waals surface area contributed by atoms with Gasteiger partial charge < -0.3 is 10.6 Å². The first-order chi connectivity index (χ1) is 9.74. The van der Waals surface area contributed by atoms with Gasteiger partial charge in [0.1, 0.15) is 5.01 Å². The van der Waals surface area contributed by atoms with Gasteiger partial charge in [-0.25, -0.2) is 4.98 Å². The summed E-state index contributed by atoms with van der Waals surface area (Å²) in [4.78, 5) is 16.5. The van der Waals surface area contributed by atoms with Gasteiger partial charge in [0.15, 0.2) is 0 Å². The van der Waals surface area contributed by atoms with Gasteiger partial charge >= 0.3 is 0 Å². The highest BCUT2D eigenvalue weighted by Gasteiger charge is 2.15. The number of nitrogens with zero attached hydrogens (tertiary/aromatic N) is 1. The fraction of sp³-hybridized carbons (Fsp3) is 0.333. The first kappa shape index (κ1) is 13.1. The number of carbonyl (C=O) groups excluding carboxylic acids is 1. The Morgan fingerprint density at radius 3 is 3.20 bits per heavy atom. The van der Waals surface area contributed by atoms with E-state index in [4.69, 9.17) is 0 Å². The number of thiazole rings is 1. The van der Waals surface area contributed by atoms with Crippen molar-refractivity contribution in [1.82, 2.24) is 10.3 Å². The van der Waals surface area contributed by atoms with Crippen LogP contribution in [0.5, 0.6) is 0 Å². The monoisotopic (exact) mass is 287 g/mol. The van der Waals surface area contributed by atoms with Crippen LogP contribution in [0.3, 0.4) is 0 Å². The molecule has 2 N–H and O–H groups in total. The zero-order valence-corrected chi connectivity index (χ0v) is 12.2. The Morgan fingerprint density at radius 2 is 2.40 bits per heavy atom. The molecule has 0 fully saturated rings. The van der Waals surface area contributed by atoms with Crippen LogP contribution >= 0.6 is 11.3 Å². The second-order valence-electron chi connectivity index (χ2n) is 4.97. The maximum Gasteiger partial charge on any atom is 0.251 e. The first-order valence-electron chi connectivity index (χ1n) is 6.81. The second kappa shape index (κ2) is 5.63. The number of aryl methyl sites for hydroxylation is 1. The number of anilines is 1. The number of aromatic nitrogens is 1. The Hall–Kier alpha value is -1.88. The normalized spacial score (nSPS) is 15.1. The molecule has 1 aliphatic rings. The van der Waals surface area contributed by atoms with Gasteiger partial charge in [-0.05, 0) is 43.5 Å². The maximum absolute atomic E-state index is 12.3. The van der Waals surface area contributed by atoms with E-state index in [1.54, 1.807) is 17.5 Å². The smallest absolute Gasteiger partial charge is 0.251 e. The summed E-state index contributed by atoms with van der Waals surface area (Å²) in [6.45, 7) is 2.97. The molecule has 0 radical (unpaired) electrons. The minimum atomic E-state index is -0.0587. The van der Waals surface area contributed by atoms with Gasteiger partial charge in [0.2, 0.25) is 0 Å². The summed E-state index contributed by atoms with van der Waals surface area (Å²) in [5.74, 6) is -0.0407. The molecule has 0 aliphatic carbocycles. The molecule has 0 saturated heterocycles. The summed E-state index contributed by atoms with van der Waals surface area (Å²) in [6, 6.07) is 5.81. The summed E-state index contributed by atoms with van der Waals surface area (Å²) in [6.07, 6.45) is 3.91. The molecular weight excluding hydrogens is 270 g/mol. The molecule has 0 bridgehead atoms. The molecule has 5 heteroatoms. The van der Waals surface area contributed by atoms with Gasteiger partial charge in [-0.2, -0.15) is 0 Å². The average Bonchev–Trinajstić information content (AvgIpc) is 3.01. The van der Waals surface area contributed by atoms with Crippen molar-refractivity contribution in [1.29, 1.82) is 0 Å². The summed E-state index contributed by atoms with van der Waals surface area (Å²) < 4.78 is 0. The van der Waals surface area contributed by atoms with E-state index in [9.17, 15) is 4.79 Å². The number of rotatable bonds is 3. The van der Waals surface area contributed by atoms with Gasteiger partial charge in [-0.1, -0.05) is 0 Å². The van der Waals surface area contributed by atoms with E-state index in [1.165, 1.54) is 5.56 Å². The Kier molecular flexibility index (Phi) is 3.69. The predicted octanol–water partition coefficient (Wildman–Crippen LogP) is 2.99. The van der Waals surface area contributed by atoms with Crippen LogP contribution in [0.15, 0.2) is 29.8 Å². The number of nitrogens with one attached hydrogen (secondary N) is 2. The molecule has 20 heavy (non-hydrogen) atoms. The van der Waals surface area contributed by atoms with Crippen molar-refractivity contribution < 1.29 is 4.79 Å². The van der Waals surface area contributed by atoms with Crippen LogP contribution < -0.4 is 10.6 Å². The molecule has 1 aromatic heterocycles. The third kappa shape index (κ3) is 2.67. The highest BCUT2D eigenvalue weighted by Crippen LogP contribution is 2.23. The fourth-order valence-electron chi connectivity index (χ4n) is 2.41. The highest BCUT2D eigenvalue weighted by molar-refractivity contribution is 7.09. The SMILES string of the molecule is CC(NC(=O)c1ccc2c(c1)CCCN2)c1nccs1. The standard InChI is InChI=1S/C15H17N3OS/c1-10(15-17-7-8-20-15)18-14(19)12-4-5-13-11(9-12)3-2-6-16-13/h4-5,7-10,16H,2-3,6H2,1H3,(H,18,19). The van der Waals surface area contributed by atoms with Crippen molar-refractivity contribution in [2.24, 2.45) is 0 Å². The molecule has 2 heterocycles. The van der Waals surface area contributed by atoms with E-state index in [2.05, 4.69) is 15.6 Å². The van der Waals surface area contributed by atoms with E-state index < -0.39 is 0 Å². The van der Waals surface area contributed by atoms with Crippen molar-refractivity contribution in [3.63, 3.8) is 0 Å². The summed E-state index contributed by atoms with van der Waals surface area (Å²) in [5.41, 5.74) is 3.10. The lowest BCUT2D eigenvalue weighted by molar-refractivity contribution is 0.0939. The first-order valence-corrected chi connectivity index (χ1v) is 7.69. The van der Waals surface area contributed by atoms with Crippen molar-refractivity contribution in [3.8, 4) is 0 Å². The number of amides is 1. The van der Waals surface area contributed by atoms with E-state index in [-0.39, 0.29) is 11.9 Å². The largest absolute Gasteiger partial charge is 0.385 e. The van der Waals surface area contributed by atoms with E-state index in [0.29, 0.717) is 0 Å². The van der Waals surface area contributed by atoms with Gasteiger partial charge in [0.25, 0.3) is 5.91 Å². The number of hydrogen-bond donors (Lipinski definition) is 2. The van der Waals surface area contributed by atoms with Crippen molar-refractivity contribution in [3.05, 3.63) is 45.9 Å². The van der Waals surface area contributed by atoms with Gasteiger partial charge in [0.05, 0.1) is 6.04 Å². The van der Waals surface area contributed by atoms with E-state index >= 15 is 0 Å². The van der Waals surface area contributed by atoms with Crippen LogP contribution in [0.25, 0.3) is 0 Å². The van der Waals surface area contributed by atoms with Gasteiger partial charge in [0, 0.05) is 29.4 Å². The van der Waals surface area contributed by atoms with Gasteiger partial charge in [-0.15, -0.1) is 11.3 Å². The van der Waals surface area contributed by atoms with Crippen molar-refractivity contribution in [2.75, 3.05) is 11.9 Å². The molecule has 1 atom stereocenters. The minimum Gasteiger partial charge on any atom is -0.385 e. The predicted molar refractivity (Wildman–Crippen MR) is 81.2 cm³/mol. The summed E-state index contributed by atoms with van der Waals surface area (Å²) in [7, 11) is 0. The van der Waals surface area contributed by atoms with Crippen LogP contribution in [0.2, 0.25) is 0 Å². The number of benzene rings is 1. The average molecular weight is 287 g/mol. The molecule has 1 amide bonds. The molecule has 3 rings (SSSR count). The molecule has 2 aromatic rings.